The molecule has 1 aromatic rings. The van der Waals surface area contributed by atoms with Gasteiger partial charge in [-0.2, -0.15) is 0 Å². The van der Waals surface area contributed by atoms with Crippen LogP contribution in [0.25, 0.3) is 0 Å². The Labute approximate surface area is 166 Å². The number of nitrogens with one attached hydrogen (secondary N) is 1. The lowest BCUT2D eigenvalue weighted by atomic mass is 9.76. The van der Waals surface area contributed by atoms with E-state index in [9.17, 15) is 14.4 Å². The molecule has 3 aliphatic heterocycles. The number of hydrogen-bond donors (Lipinski definition) is 1. The highest BCUT2D eigenvalue weighted by molar-refractivity contribution is 6.08. The van der Waals surface area contributed by atoms with E-state index >= 15 is 0 Å². The van der Waals surface area contributed by atoms with Gasteiger partial charge in [0.2, 0.25) is 11.8 Å². The molecule has 2 unspecified atom stereocenters. The molecule has 28 heavy (non-hydrogen) atoms. The van der Waals surface area contributed by atoms with Crippen LogP contribution in [0.15, 0.2) is 18.2 Å². The van der Waals surface area contributed by atoms with Crippen LogP contribution in [-0.4, -0.2) is 41.8 Å². The number of anilines is 1. The average molecular weight is 383 g/mol. The molecule has 150 valence electrons. The van der Waals surface area contributed by atoms with Crippen LogP contribution in [-0.2, 0) is 16.1 Å². The summed E-state index contributed by atoms with van der Waals surface area (Å²) in [5.41, 5.74) is 2.94. The third-order valence-electron chi connectivity index (χ3n) is 6.52. The molecule has 2 fully saturated rings. The summed E-state index contributed by atoms with van der Waals surface area (Å²) in [6, 6.07) is 5.47. The molecule has 6 nitrogen and oxygen atoms in total. The van der Waals surface area contributed by atoms with Gasteiger partial charge in [0.25, 0.3) is 5.91 Å². The van der Waals surface area contributed by atoms with Crippen molar-refractivity contribution in [3.8, 4) is 0 Å². The highest BCUT2D eigenvalue weighted by Gasteiger charge is 2.41. The maximum Gasteiger partial charge on any atom is 0.257 e. The summed E-state index contributed by atoms with van der Waals surface area (Å²) in [6.45, 7) is 9.19. The fraction of sp³-hybridized carbons (Fsp3) is 0.591. The molecule has 0 aromatic heterocycles. The molecule has 2 atom stereocenters. The van der Waals surface area contributed by atoms with E-state index in [1.807, 2.05) is 18.2 Å². The fourth-order valence-electron chi connectivity index (χ4n) is 4.76. The lowest BCUT2D eigenvalue weighted by molar-refractivity contribution is -0.136. The van der Waals surface area contributed by atoms with E-state index in [0.717, 1.165) is 36.3 Å². The SMILES string of the molecule is CC(C)(C)C1CCCN(c2cccc3c2C(=O)N(C2CCC(=O)NC2=O)C3)C1. The highest BCUT2D eigenvalue weighted by atomic mass is 16.2. The summed E-state index contributed by atoms with van der Waals surface area (Å²) in [6.07, 6.45) is 3.01. The van der Waals surface area contributed by atoms with Crippen LogP contribution in [0, 0.1) is 11.3 Å². The summed E-state index contributed by atoms with van der Waals surface area (Å²) in [7, 11) is 0. The van der Waals surface area contributed by atoms with Gasteiger partial charge < -0.3 is 9.80 Å². The molecular weight excluding hydrogens is 354 g/mol. The molecule has 0 saturated carbocycles. The van der Waals surface area contributed by atoms with Gasteiger partial charge in [0, 0.05) is 31.7 Å². The van der Waals surface area contributed by atoms with Gasteiger partial charge in [0.05, 0.1) is 5.56 Å². The predicted molar refractivity (Wildman–Crippen MR) is 107 cm³/mol. The van der Waals surface area contributed by atoms with E-state index in [-0.39, 0.29) is 29.6 Å². The summed E-state index contributed by atoms with van der Waals surface area (Å²) < 4.78 is 0. The minimum absolute atomic E-state index is 0.0852. The van der Waals surface area contributed by atoms with Crippen LogP contribution in [0.5, 0.6) is 0 Å². The smallest absolute Gasteiger partial charge is 0.257 e. The molecule has 1 N–H and O–H groups in total. The zero-order chi connectivity index (χ0) is 20.1. The van der Waals surface area contributed by atoms with Crippen molar-refractivity contribution in [3.63, 3.8) is 0 Å². The number of rotatable bonds is 2. The van der Waals surface area contributed by atoms with E-state index in [1.54, 1.807) is 4.90 Å². The van der Waals surface area contributed by atoms with Crippen molar-refractivity contribution >= 4 is 23.4 Å². The van der Waals surface area contributed by atoms with Crippen molar-refractivity contribution < 1.29 is 14.4 Å². The van der Waals surface area contributed by atoms with Crippen molar-refractivity contribution in [2.45, 2.75) is 59.0 Å². The van der Waals surface area contributed by atoms with E-state index in [4.69, 9.17) is 0 Å². The van der Waals surface area contributed by atoms with Crippen molar-refractivity contribution in [3.05, 3.63) is 29.3 Å². The summed E-state index contributed by atoms with van der Waals surface area (Å²) in [5, 5.41) is 2.37. The van der Waals surface area contributed by atoms with Gasteiger partial charge in [-0.05, 0) is 42.2 Å². The number of benzene rings is 1. The summed E-state index contributed by atoms with van der Waals surface area (Å²) in [4.78, 5) is 41.0. The van der Waals surface area contributed by atoms with Crippen LogP contribution in [0.2, 0.25) is 0 Å². The molecule has 1 aromatic carbocycles. The monoisotopic (exact) mass is 383 g/mol. The maximum atomic E-state index is 13.3. The molecule has 3 aliphatic rings. The Morgan fingerprint density at radius 3 is 2.61 bits per heavy atom. The molecule has 0 spiro atoms. The van der Waals surface area contributed by atoms with Crippen molar-refractivity contribution in [1.29, 1.82) is 0 Å². The Bertz CT molecular complexity index is 827. The Hall–Kier alpha value is -2.37. The lowest BCUT2D eigenvalue weighted by Gasteiger charge is -2.41. The largest absolute Gasteiger partial charge is 0.371 e. The quantitative estimate of drug-likeness (QED) is 0.798. The Morgan fingerprint density at radius 2 is 1.89 bits per heavy atom. The number of fused-ring (bicyclic) bond motifs is 1. The Kier molecular flexibility index (Phi) is 4.68. The van der Waals surface area contributed by atoms with Crippen molar-refractivity contribution in [2.75, 3.05) is 18.0 Å². The lowest BCUT2D eigenvalue weighted by Crippen LogP contribution is -2.52. The number of nitrogens with zero attached hydrogens (tertiary/aromatic N) is 2. The minimum Gasteiger partial charge on any atom is -0.371 e. The van der Waals surface area contributed by atoms with E-state index in [1.165, 1.54) is 6.42 Å². The van der Waals surface area contributed by atoms with Crippen LogP contribution in [0.1, 0.15) is 62.4 Å². The third-order valence-corrected chi connectivity index (χ3v) is 6.52. The zero-order valence-electron chi connectivity index (χ0n) is 17.0. The maximum absolute atomic E-state index is 13.3. The first-order chi connectivity index (χ1) is 13.3. The second-order valence-electron chi connectivity index (χ2n) is 9.36. The molecule has 4 rings (SSSR count). The van der Waals surface area contributed by atoms with E-state index in [0.29, 0.717) is 18.9 Å². The fourth-order valence-corrected chi connectivity index (χ4v) is 4.76. The number of amides is 3. The molecule has 3 amide bonds. The first-order valence-electron chi connectivity index (χ1n) is 10.3. The first-order valence-corrected chi connectivity index (χ1v) is 10.3. The normalized spacial score (nSPS) is 25.8. The van der Waals surface area contributed by atoms with Gasteiger partial charge in [-0.1, -0.05) is 32.9 Å². The van der Waals surface area contributed by atoms with Gasteiger partial charge in [-0.15, -0.1) is 0 Å². The summed E-state index contributed by atoms with van der Waals surface area (Å²) >= 11 is 0. The molecule has 3 heterocycles. The second-order valence-corrected chi connectivity index (χ2v) is 9.36. The average Bonchev–Trinajstić information content (AvgIpc) is 2.98. The van der Waals surface area contributed by atoms with Gasteiger partial charge in [-0.3, -0.25) is 19.7 Å². The minimum atomic E-state index is -0.561. The van der Waals surface area contributed by atoms with Crippen LogP contribution < -0.4 is 10.2 Å². The number of carbonyl (C=O) groups excluding carboxylic acids is 3. The Balaban J connectivity index is 1.60. The van der Waals surface area contributed by atoms with Crippen molar-refractivity contribution in [1.82, 2.24) is 10.2 Å². The third kappa shape index (κ3) is 3.29. The number of imide groups is 1. The Morgan fingerprint density at radius 1 is 1.11 bits per heavy atom. The van der Waals surface area contributed by atoms with Crippen LogP contribution in [0.4, 0.5) is 5.69 Å². The molecular formula is C22H29N3O3. The molecule has 2 saturated heterocycles. The molecule has 0 aliphatic carbocycles. The topological polar surface area (TPSA) is 69.7 Å². The van der Waals surface area contributed by atoms with Gasteiger partial charge in [0.15, 0.2) is 0 Å². The predicted octanol–water partition coefficient (Wildman–Crippen LogP) is 2.71. The first kappa shape index (κ1) is 19.0. The van der Waals surface area contributed by atoms with Crippen LogP contribution >= 0.6 is 0 Å². The second kappa shape index (κ2) is 6.90. The van der Waals surface area contributed by atoms with Gasteiger partial charge >= 0.3 is 0 Å². The van der Waals surface area contributed by atoms with Gasteiger partial charge in [0.1, 0.15) is 6.04 Å². The van der Waals surface area contributed by atoms with Crippen molar-refractivity contribution in [2.24, 2.45) is 11.3 Å². The van der Waals surface area contributed by atoms with E-state index in [2.05, 4.69) is 31.0 Å². The van der Waals surface area contributed by atoms with Gasteiger partial charge in [-0.25, -0.2) is 0 Å². The number of hydrogen-bond acceptors (Lipinski definition) is 4. The number of piperidine rings is 2. The zero-order valence-corrected chi connectivity index (χ0v) is 17.0. The molecule has 0 bridgehead atoms. The summed E-state index contributed by atoms with van der Waals surface area (Å²) in [5.74, 6) is -0.116. The molecule has 6 heteroatoms. The number of carbonyl (C=O) groups is 3. The highest BCUT2D eigenvalue weighted by Crippen LogP contribution is 2.39. The molecule has 0 radical (unpaired) electrons. The van der Waals surface area contributed by atoms with Crippen LogP contribution in [0.3, 0.4) is 0 Å². The van der Waals surface area contributed by atoms with E-state index < -0.39 is 6.04 Å². The standard InChI is InChI=1S/C22H29N3O3/c1-22(2,3)15-7-5-11-24(13-15)16-8-4-6-14-12-25(21(28)19(14)16)17-9-10-18(26)23-20(17)27/h4,6,8,15,17H,5,7,9-13H2,1-3H3,(H,23,26,27).